The van der Waals surface area contributed by atoms with Crippen molar-refractivity contribution in [2.75, 3.05) is 6.54 Å². The summed E-state index contributed by atoms with van der Waals surface area (Å²) in [6.45, 7) is 6.32. The van der Waals surface area contributed by atoms with Crippen molar-refractivity contribution >= 4 is 39.9 Å². The summed E-state index contributed by atoms with van der Waals surface area (Å²) in [5, 5.41) is 0.592. The number of carbonyl (C=O) groups excluding carboxylic acids is 2. The lowest BCUT2D eigenvalue weighted by atomic mass is 10.2. The van der Waals surface area contributed by atoms with Gasteiger partial charge in [0.2, 0.25) is 0 Å². The number of carbonyl (C=O) groups is 2. The summed E-state index contributed by atoms with van der Waals surface area (Å²) in [6, 6.07) is 5.55. The van der Waals surface area contributed by atoms with Gasteiger partial charge in [0.15, 0.2) is 0 Å². The molecule has 0 spiro atoms. The van der Waals surface area contributed by atoms with Crippen LogP contribution in [0.4, 0.5) is 4.79 Å². The molecule has 1 aromatic carbocycles. The molecule has 22 heavy (non-hydrogen) atoms. The molecule has 0 fully saturated rings. The van der Waals surface area contributed by atoms with Crippen LogP contribution >= 0.6 is 27.5 Å². The Balaban J connectivity index is 2.82. The number of aldehydes is 1. The maximum Gasteiger partial charge on any atom is 0.410 e. The summed E-state index contributed by atoms with van der Waals surface area (Å²) in [5.41, 5.74) is 0.349. The van der Waals surface area contributed by atoms with Crippen LogP contribution in [0.25, 0.3) is 0 Å². The highest BCUT2D eigenvalue weighted by Gasteiger charge is 2.22. The number of hydrogen-bond acceptors (Lipinski definition) is 3. The molecule has 0 atom stereocenters. The third kappa shape index (κ3) is 6.79. The molecule has 0 aliphatic carbocycles. The van der Waals surface area contributed by atoms with E-state index in [1.54, 1.807) is 4.90 Å². The smallest absolute Gasteiger partial charge is 0.410 e. The van der Waals surface area contributed by atoms with Gasteiger partial charge in [-0.3, -0.25) is 0 Å². The average Bonchev–Trinajstić information content (AvgIpc) is 2.40. The van der Waals surface area contributed by atoms with E-state index in [9.17, 15) is 9.59 Å². The molecule has 0 radical (unpaired) electrons. The normalized spacial score (nSPS) is 11.1. The van der Waals surface area contributed by atoms with Crippen molar-refractivity contribution in [2.24, 2.45) is 0 Å². The molecule has 0 heterocycles. The van der Waals surface area contributed by atoms with Gasteiger partial charge in [-0.2, -0.15) is 0 Å². The van der Waals surface area contributed by atoms with E-state index >= 15 is 0 Å². The van der Waals surface area contributed by atoms with Crippen LogP contribution in [-0.2, 0) is 16.1 Å². The fourth-order valence-electron chi connectivity index (χ4n) is 1.79. The van der Waals surface area contributed by atoms with Crippen molar-refractivity contribution in [3.8, 4) is 0 Å². The van der Waals surface area contributed by atoms with Crippen LogP contribution < -0.4 is 0 Å². The van der Waals surface area contributed by atoms with Gasteiger partial charge < -0.3 is 14.4 Å². The molecule has 0 unspecified atom stereocenters. The molecule has 0 aliphatic heterocycles. The molecule has 4 nitrogen and oxygen atoms in total. The lowest BCUT2D eigenvalue weighted by Gasteiger charge is -2.27. The molecule has 1 amide bonds. The Morgan fingerprint density at radius 3 is 2.64 bits per heavy atom. The van der Waals surface area contributed by atoms with Crippen LogP contribution in [0.3, 0.4) is 0 Å². The molecule has 122 valence electrons. The number of benzene rings is 1. The number of ether oxygens (including phenoxy) is 1. The van der Waals surface area contributed by atoms with Gasteiger partial charge in [0.1, 0.15) is 11.9 Å². The summed E-state index contributed by atoms with van der Waals surface area (Å²) < 4.78 is 6.22. The first kappa shape index (κ1) is 19.0. The first-order chi connectivity index (χ1) is 10.2. The van der Waals surface area contributed by atoms with E-state index in [-0.39, 0.29) is 0 Å². The van der Waals surface area contributed by atoms with Gasteiger partial charge in [-0.25, -0.2) is 4.79 Å². The topological polar surface area (TPSA) is 46.6 Å². The molecule has 0 saturated carbocycles. The van der Waals surface area contributed by atoms with E-state index in [0.717, 1.165) is 16.3 Å². The molecule has 1 rings (SSSR count). The summed E-state index contributed by atoms with van der Waals surface area (Å²) >= 11 is 9.42. The Hall–Kier alpha value is -1.07. The van der Waals surface area contributed by atoms with Gasteiger partial charge >= 0.3 is 6.09 Å². The van der Waals surface area contributed by atoms with Crippen molar-refractivity contribution in [1.29, 1.82) is 0 Å². The SMILES string of the molecule is CC(C)(C)OC(=O)N(CCCC=O)Cc1ccc(Br)c(Cl)c1. The highest BCUT2D eigenvalue weighted by molar-refractivity contribution is 9.10. The van der Waals surface area contributed by atoms with Gasteiger partial charge in [0, 0.05) is 24.0 Å². The number of amides is 1. The lowest BCUT2D eigenvalue weighted by molar-refractivity contribution is -0.108. The van der Waals surface area contributed by atoms with Crippen molar-refractivity contribution in [3.05, 3.63) is 33.3 Å². The van der Waals surface area contributed by atoms with Crippen molar-refractivity contribution in [1.82, 2.24) is 4.90 Å². The Labute approximate surface area is 144 Å². The van der Waals surface area contributed by atoms with Crippen molar-refractivity contribution in [2.45, 2.75) is 45.8 Å². The van der Waals surface area contributed by atoms with Gasteiger partial charge in [0.05, 0.1) is 5.02 Å². The maximum absolute atomic E-state index is 12.3. The molecule has 0 aromatic heterocycles. The zero-order valence-electron chi connectivity index (χ0n) is 13.1. The molecule has 0 aliphatic rings. The lowest BCUT2D eigenvalue weighted by Crippen LogP contribution is -2.37. The van der Waals surface area contributed by atoms with Crippen LogP contribution in [0.5, 0.6) is 0 Å². The number of unbranched alkanes of at least 4 members (excludes halogenated alkanes) is 1. The molecule has 0 N–H and O–H groups in total. The zero-order valence-corrected chi connectivity index (χ0v) is 15.4. The fourth-order valence-corrected chi connectivity index (χ4v) is 2.23. The van der Waals surface area contributed by atoms with Gasteiger partial charge in [-0.1, -0.05) is 17.7 Å². The molecule has 0 saturated heterocycles. The van der Waals surface area contributed by atoms with Gasteiger partial charge in [-0.15, -0.1) is 0 Å². The van der Waals surface area contributed by atoms with E-state index in [0.29, 0.717) is 31.0 Å². The number of hydrogen-bond donors (Lipinski definition) is 0. The monoisotopic (exact) mass is 389 g/mol. The Morgan fingerprint density at radius 2 is 2.09 bits per heavy atom. The average molecular weight is 391 g/mol. The first-order valence-electron chi connectivity index (χ1n) is 7.08. The van der Waals surface area contributed by atoms with Gasteiger partial charge in [-0.05, 0) is 60.8 Å². The second kappa shape index (κ2) is 8.53. The van der Waals surface area contributed by atoms with Crippen LogP contribution in [-0.4, -0.2) is 29.4 Å². The second-order valence-electron chi connectivity index (χ2n) is 5.96. The van der Waals surface area contributed by atoms with E-state index in [2.05, 4.69) is 15.9 Å². The standard InChI is InChI=1S/C16H21BrClNO3/c1-16(2,3)22-15(21)19(8-4-5-9-20)11-12-6-7-13(17)14(18)10-12/h6-7,9-10H,4-5,8,11H2,1-3H3. The molecular weight excluding hydrogens is 370 g/mol. The number of nitrogens with zero attached hydrogens (tertiary/aromatic N) is 1. The summed E-state index contributed by atoms with van der Waals surface area (Å²) in [5.74, 6) is 0. The van der Waals surface area contributed by atoms with Crippen LogP contribution in [0.2, 0.25) is 5.02 Å². The Kier molecular flexibility index (Phi) is 7.36. The van der Waals surface area contributed by atoms with E-state index < -0.39 is 11.7 Å². The van der Waals surface area contributed by atoms with E-state index in [1.807, 2.05) is 39.0 Å². The van der Waals surface area contributed by atoms with Crippen LogP contribution in [0, 0.1) is 0 Å². The molecule has 0 bridgehead atoms. The van der Waals surface area contributed by atoms with Crippen LogP contribution in [0.15, 0.2) is 22.7 Å². The number of halogens is 2. The van der Waals surface area contributed by atoms with Crippen molar-refractivity contribution < 1.29 is 14.3 Å². The minimum atomic E-state index is -0.558. The van der Waals surface area contributed by atoms with Crippen molar-refractivity contribution in [3.63, 3.8) is 0 Å². The predicted octanol–water partition coefficient (Wildman–Crippen LogP) is 4.82. The van der Waals surface area contributed by atoms with E-state index in [1.165, 1.54) is 0 Å². The second-order valence-corrected chi connectivity index (χ2v) is 7.22. The largest absolute Gasteiger partial charge is 0.444 e. The molecule has 6 heteroatoms. The first-order valence-corrected chi connectivity index (χ1v) is 8.25. The summed E-state index contributed by atoms with van der Waals surface area (Å²) in [7, 11) is 0. The predicted molar refractivity (Wildman–Crippen MR) is 91.1 cm³/mol. The molecule has 1 aromatic rings. The number of rotatable bonds is 6. The van der Waals surface area contributed by atoms with E-state index in [4.69, 9.17) is 16.3 Å². The highest BCUT2D eigenvalue weighted by atomic mass is 79.9. The maximum atomic E-state index is 12.3. The highest BCUT2D eigenvalue weighted by Crippen LogP contribution is 2.24. The van der Waals surface area contributed by atoms with Crippen LogP contribution in [0.1, 0.15) is 39.2 Å². The summed E-state index contributed by atoms with van der Waals surface area (Å²) in [6.07, 6.45) is 1.48. The minimum absolute atomic E-state index is 0.390. The zero-order chi connectivity index (χ0) is 16.8. The Bertz CT molecular complexity index is 529. The third-order valence-corrected chi connectivity index (χ3v) is 3.99. The quantitative estimate of drug-likeness (QED) is 0.517. The molecular formula is C16H21BrClNO3. The summed E-state index contributed by atoms with van der Waals surface area (Å²) in [4.78, 5) is 24.3. The third-order valence-electron chi connectivity index (χ3n) is 2.76. The Morgan fingerprint density at radius 1 is 1.41 bits per heavy atom. The minimum Gasteiger partial charge on any atom is -0.444 e. The fraction of sp³-hybridized carbons (Fsp3) is 0.500. The van der Waals surface area contributed by atoms with Gasteiger partial charge in [0.25, 0.3) is 0 Å².